The maximum absolute atomic E-state index is 8.44. The summed E-state index contributed by atoms with van der Waals surface area (Å²) in [5, 5.41) is 8.44. The van der Waals surface area contributed by atoms with E-state index in [-0.39, 0.29) is 6.61 Å². The highest BCUT2D eigenvalue weighted by atomic mass is 16.5. The van der Waals surface area contributed by atoms with Gasteiger partial charge in [-0.1, -0.05) is 12.8 Å². The van der Waals surface area contributed by atoms with Gasteiger partial charge in [0.2, 0.25) is 0 Å². The SMILES string of the molecule is OCCOCCOCCOC1CCCC1. The van der Waals surface area contributed by atoms with Gasteiger partial charge in [-0.05, 0) is 12.8 Å². The molecule has 1 fully saturated rings. The minimum atomic E-state index is 0.0742. The molecule has 90 valence electrons. The molecule has 1 aliphatic rings. The maximum atomic E-state index is 8.44. The summed E-state index contributed by atoms with van der Waals surface area (Å²) >= 11 is 0. The number of aliphatic hydroxyl groups excluding tert-OH is 1. The standard InChI is InChI=1S/C11H22O4/c12-5-6-13-7-8-14-9-10-15-11-3-1-2-4-11/h11-12H,1-10H2. The van der Waals surface area contributed by atoms with Crippen LogP contribution in [-0.4, -0.2) is 50.9 Å². The molecule has 4 heteroatoms. The second-order valence-corrected chi connectivity index (χ2v) is 3.73. The van der Waals surface area contributed by atoms with Crippen LogP contribution in [0, 0.1) is 0 Å². The Balaban J connectivity index is 1.73. The normalized spacial score (nSPS) is 17.4. The topological polar surface area (TPSA) is 47.9 Å². The molecular weight excluding hydrogens is 196 g/mol. The van der Waals surface area contributed by atoms with Crippen molar-refractivity contribution >= 4 is 0 Å². The van der Waals surface area contributed by atoms with Crippen LogP contribution in [0.1, 0.15) is 25.7 Å². The van der Waals surface area contributed by atoms with Crippen molar-refractivity contribution in [2.24, 2.45) is 0 Å². The molecule has 0 saturated heterocycles. The van der Waals surface area contributed by atoms with E-state index < -0.39 is 0 Å². The van der Waals surface area contributed by atoms with Gasteiger partial charge in [0, 0.05) is 0 Å². The third-order valence-corrected chi connectivity index (χ3v) is 2.49. The first kappa shape index (κ1) is 12.9. The Kier molecular flexibility index (Phi) is 7.83. The van der Waals surface area contributed by atoms with E-state index in [1.54, 1.807) is 0 Å². The number of aliphatic hydroxyl groups is 1. The summed E-state index contributed by atoms with van der Waals surface area (Å²) in [5.74, 6) is 0. The molecule has 1 N–H and O–H groups in total. The summed E-state index contributed by atoms with van der Waals surface area (Å²) in [4.78, 5) is 0. The summed E-state index contributed by atoms with van der Waals surface area (Å²) in [6.45, 7) is 2.91. The van der Waals surface area contributed by atoms with E-state index in [9.17, 15) is 0 Å². The van der Waals surface area contributed by atoms with Crippen LogP contribution in [0.25, 0.3) is 0 Å². The molecule has 0 radical (unpaired) electrons. The Morgan fingerprint density at radius 2 is 1.47 bits per heavy atom. The van der Waals surface area contributed by atoms with Crippen molar-refractivity contribution in [1.29, 1.82) is 0 Å². The molecule has 0 aliphatic heterocycles. The lowest BCUT2D eigenvalue weighted by molar-refractivity contribution is -0.0124. The second-order valence-electron chi connectivity index (χ2n) is 3.73. The van der Waals surface area contributed by atoms with Crippen molar-refractivity contribution in [1.82, 2.24) is 0 Å². The Labute approximate surface area is 91.5 Å². The first-order valence-electron chi connectivity index (χ1n) is 5.81. The summed E-state index contributed by atoms with van der Waals surface area (Å²) in [7, 11) is 0. The van der Waals surface area contributed by atoms with Gasteiger partial charge in [0.25, 0.3) is 0 Å². The monoisotopic (exact) mass is 218 g/mol. The minimum Gasteiger partial charge on any atom is -0.394 e. The van der Waals surface area contributed by atoms with Gasteiger partial charge in [-0.25, -0.2) is 0 Å². The third kappa shape index (κ3) is 6.84. The summed E-state index contributed by atoms with van der Waals surface area (Å²) in [6.07, 6.45) is 5.50. The fourth-order valence-corrected chi connectivity index (χ4v) is 1.72. The van der Waals surface area contributed by atoms with Crippen molar-refractivity contribution in [2.75, 3.05) is 39.6 Å². The van der Waals surface area contributed by atoms with Gasteiger partial charge < -0.3 is 19.3 Å². The van der Waals surface area contributed by atoms with E-state index in [4.69, 9.17) is 19.3 Å². The fourth-order valence-electron chi connectivity index (χ4n) is 1.72. The molecule has 0 unspecified atom stereocenters. The number of hydrogen-bond donors (Lipinski definition) is 1. The van der Waals surface area contributed by atoms with Gasteiger partial charge in [-0.15, -0.1) is 0 Å². The lowest BCUT2D eigenvalue weighted by Crippen LogP contribution is -2.14. The molecule has 1 rings (SSSR count). The molecule has 0 aromatic heterocycles. The first-order chi connectivity index (χ1) is 7.43. The molecule has 0 spiro atoms. The largest absolute Gasteiger partial charge is 0.394 e. The number of hydrogen-bond acceptors (Lipinski definition) is 4. The molecule has 0 bridgehead atoms. The summed E-state index contributed by atoms with van der Waals surface area (Å²) < 4.78 is 16.0. The lowest BCUT2D eigenvalue weighted by Gasteiger charge is -2.11. The molecule has 0 amide bonds. The molecular formula is C11H22O4. The van der Waals surface area contributed by atoms with Gasteiger partial charge in [-0.2, -0.15) is 0 Å². The smallest absolute Gasteiger partial charge is 0.0704 e. The van der Waals surface area contributed by atoms with Crippen LogP contribution in [-0.2, 0) is 14.2 Å². The van der Waals surface area contributed by atoms with Crippen molar-refractivity contribution in [2.45, 2.75) is 31.8 Å². The van der Waals surface area contributed by atoms with Gasteiger partial charge in [0.1, 0.15) is 0 Å². The molecule has 4 nitrogen and oxygen atoms in total. The van der Waals surface area contributed by atoms with Crippen LogP contribution in [0.5, 0.6) is 0 Å². The summed E-state index contributed by atoms with van der Waals surface area (Å²) in [5.41, 5.74) is 0. The molecule has 0 aromatic rings. The number of rotatable bonds is 9. The van der Waals surface area contributed by atoms with Crippen molar-refractivity contribution in [3.63, 3.8) is 0 Å². The van der Waals surface area contributed by atoms with Gasteiger partial charge >= 0.3 is 0 Å². The van der Waals surface area contributed by atoms with Crippen LogP contribution in [0.2, 0.25) is 0 Å². The summed E-state index contributed by atoms with van der Waals surface area (Å²) in [6, 6.07) is 0. The van der Waals surface area contributed by atoms with E-state index in [0.717, 1.165) is 0 Å². The number of ether oxygens (including phenoxy) is 3. The Morgan fingerprint density at radius 3 is 2.13 bits per heavy atom. The van der Waals surface area contributed by atoms with Crippen molar-refractivity contribution in [3.8, 4) is 0 Å². The average molecular weight is 218 g/mol. The van der Waals surface area contributed by atoms with Crippen LogP contribution in [0.15, 0.2) is 0 Å². The third-order valence-electron chi connectivity index (χ3n) is 2.49. The zero-order valence-corrected chi connectivity index (χ0v) is 9.32. The zero-order valence-electron chi connectivity index (χ0n) is 9.32. The second kappa shape index (κ2) is 9.09. The van der Waals surface area contributed by atoms with Gasteiger partial charge in [0.15, 0.2) is 0 Å². The Morgan fingerprint density at radius 1 is 0.867 bits per heavy atom. The van der Waals surface area contributed by atoms with E-state index in [1.807, 2.05) is 0 Å². The quantitative estimate of drug-likeness (QED) is 0.586. The highest BCUT2D eigenvalue weighted by molar-refractivity contribution is 4.66. The van der Waals surface area contributed by atoms with Crippen molar-refractivity contribution in [3.05, 3.63) is 0 Å². The van der Waals surface area contributed by atoms with E-state index in [2.05, 4.69) is 0 Å². The molecule has 15 heavy (non-hydrogen) atoms. The molecule has 0 heterocycles. The van der Waals surface area contributed by atoms with Crippen LogP contribution in [0.4, 0.5) is 0 Å². The van der Waals surface area contributed by atoms with Gasteiger partial charge in [0.05, 0.1) is 45.7 Å². The lowest BCUT2D eigenvalue weighted by atomic mass is 10.3. The molecule has 0 atom stereocenters. The van der Waals surface area contributed by atoms with Crippen molar-refractivity contribution < 1.29 is 19.3 Å². The zero-order chi connectivity index (χ0) is 10.8. The predicted molar refractivity (Wildman–Crippen MR) is 56.9 cm³/mol. The van der Waals surface area contributed by atoms with E-state index in [0.29, 0.717) is 39.1 Å². The predicted octanol–water partition coefficient (Wildman–Crippen LogP) is 0.971. The average Bonchev–Trinajstić information content (AvgIpc) is 2.75. The van der Waals surface area contributed by atoms with Crippen LogP contribution in [0.3, 0.4) is 0 Å². The highest BCUT2D eigenvalue weighted by Gasteiger charge is 2.14. The molecule has 0 aromatic carbocycles. The minimum absolute atomic E-state index is 0.0742. The van der Waals surface area contributed by atoms with Crippen LogP contribution < -0.4 is 0 Å². The van der Waals surface area contributed by atoms with Crippen LogP contribution >= 0.6 is 0 Å². The molecule has 1 aliphatic carbocycles. The first-order valence-corrected chi connectivity index (χ1v) is 5.81. The maximum Gasteiger partial charge on any atom is 0.0704 e. The van der Waals surface area contributed by atoms with Gasteiger partial charge in [-0.3, -0.25) is 0 Å². The highest BCUT2D eigenvalue weighted by Crippen LogP contribution is 2.20. The fraction of sp³-hybridized carbons (Fsp3) is 1.00. The Hall–Kier alpha value is -0.160. The Bertz CT molecular complexity index is 135. The van der Waals surface area contributed by atoms with E-state index in [1.165, 1.54) is 25.7 Å². The molecule has 1 saturated carbocycles. The van der Waals surface area contributed by atoms with E-state index >= 15 is 0 Å².